The van der Waals surface area contributed by atoms with Crippen LogP contribution in [-0.2, 0) is 0 Å². The van der Waals surface area contributed by atoms with Gasteiger partial charge in [0, 0.05) is 44.5 Å². The Morgan fingerprint density at radius 2 is 0.818 bits per heavy atom. The molecule has 0 saturated carbocycles. The molecule has 8 heteroatoms. The lowest BCUT2D eigenvalue weighted by molar-refractivity contribution is 0.630. The summed E-state index contributed by atoms with van der Waals surface area (Å²) in [5, 5.41) is 58.9. The molecule has 2 aliphatic carbocycles. The number of hydrogen-bond donors (Lipinski definition) is 0. The van der Waals surface area contributed by atoms with Crippen LogP contribution in [0, 0.1) is 79.6 Å². The summed E-state index contributed by atoms with van der Waals surface area (Å²) in [5.74, 6) is -1.38. The third-order valence-electron chi connectivity index (χ3n) is 7.64. The third kappa shape index (κ3) is 3.79. The second kappa shape index (κ2) is 10.4. The van der Waals surface area contributed by atoms with Crippen LogP contribution in [0.2, 0.25) is 0 Å². The number of nitriles is 6. The van der Waals surface area contributed by atoms with Gasteiger partial charge in [-0.1, -0.05) is 48.5 Å². The lowest BCUT2D eigenvalue weighted by Gasteiger charge is -2.19. The Balaban J connectivity index is 1.75. The summed E-state index contributed by atoms with van der Waals surface area (Å²) in [5.41, 5.74) is 3.29. The molecular weight excluding hydrogens is 554 g/mol. The second-order valence-corrected chi connectivity index (χ2v) is 9.77. The van der Waals surface area contributed by atoms with Crippen LogP contribution in [0.5, 0.6) is 0 Å². The van der Waals surface area contributed by atoms with Gasteiger partial charge in [-0.15, -0.1) is 0 Å². The quantitative estimate of drug-likeness (QED) is 0.229. The number of hydrogen-bond acceptors (Lipinski definition) is 6. The van der Waals surface area contributed by atoms with Crippen molar-refractivity contribution in [1.82, 2.24) is 0 Å². The number of benzene rings is 4. The average molecular weight is 567 g/mol. The molecule has 6 rings (SSSR count). The summed E-state index contributed by atoms with van der Waals surface area (Å²) in [7, 11) is 0. The highest BCUT2D eigenvalue weighted by molar-refractivity contribution is 6.39. The zero-order chi connectivity index (χ0) is 31.1. The van der Waals surface area contributed by atoms with E-state index in [1.54, 1.807) is 36.4 Å². The Morgan fingerprint density at radius 3 is 1.14 bits per heavy atom. The van der Waals surface area contributed by atoms with Crippen molar-refractivity contribution < 1.29 is 8.78 Å². The summed E-state index contributed by atoms with van der Waals surface area (Å²) in [4.78, 5) is 0. The number of allylic oxidation sites excluding steroid dienone is 6. The van der Waals surface area contributed by atoms with Crippen LogP contribution in [0.25, 0.3) is 44.5 Å². The predicted molar refractivity (Wildman–Crippen MR) is 156 cm³/mol. The molecule has 6 nitrogen and oxygen atoms in total. The van der Waals surface area contributed by atoms with Gasteiger partial charge < -0.3 is 0 Å². The number of fused-ring (bicyclic) bond motifs is 4. The Morgan fingerprint density at radius 1 is 0.455 bits per heavy atom. The Hall–Kier alpha value is -7.10. The molecule has 0 saturated heterocycles. The van der Waals surface area contributed by atoms with Crippen molar-refractivity contribution in [3.8, 4) is 58.7 Å². The van der Waals surface area contributed by atoms with Crippen molar-refractivity contribution in [3.63, 3.8) is 0 Å². The van der Waals surface area contributed by atoms with E-state index in [4.69, 9.17) is 0 Å². The Bertz CT molecular complexity index is 2170. The van der Waals surface area contributed by atoms with Crippen LogP contribution in [-0.4, -0.2) is 0 Å². The highest BCUT2D eigenvalue weighted by atomic mass is 19.1. The number of nitrogens with zero attached hydrogens (tertiary/aromatic N) is 6. The maximum Gasteiger partial charge on any atom is 0.138 e. The van der Waals surface area contributed by atoms with E-state index in [0.29, 0.717) is 44.5 Å². The fourth-order valence-corrected chi connectivity index (χ4v) is 5.93. The fraction of sp³-hybridized carbons (Fsp3) is 0. The highest BCUT2D eigenvalue weighted by Crippen LogP contribution is 2.62. The van der Waals surface area contributed by atoms with Gasteiger partial charge in [0.2, 0.25) is 0 Å². The third-order valence-corrected chi connectivity index (χ3v) is 7.64. The molecule has 0 fully saturated rings. The summed E-state index contributed by atoms with van der Waals surface area (Å²) in [6.07, 6.45) is 0. The maximum atomic E-state index is 15.4. The smallest absolute Gasteiger partial charge is 0.138 e. The van der Waals surface area contributed by atoms with Crippen molar-refractivity contribution in [1.29, 1.82) is 31.6 Å². The predicted octanol–water partition coefficient (Wildman–Crippen LogP) is 7.58. The molecule has 0 unspecified atom stereocenters. The minimum absolute atomic E-state index is 0.111. The first kappa shape index (κ1) is 27.1. The van der Waals surface area contributed by atoms with E-state index in [-0.39, 0.29) is 44.5 Å². The zero-order valence-electron chi connectivity index (χ0n) is 22.4. The van der Waals surface area contributed by atoms with E-state index >= 15 is 8.78 Å². The number of rotatable bonds is 2. The molecule has 0 aromatic heterocycles. The molecule has 0 atom stereocenters. The van der Waals surface area contributed by atoms with Gasteiger partial charge in [-0.05, 0) is 46.5 Å². The van der Waals surface area contributed by atoms with Gasteiger partial charge in [-0.3, -0.25) is 0 Å². The van der Waals surface area contributed by atoms with E-state index in [9.17, 15) is 31.6 Å². The van der Waals surface area contributed by atoms with Gasteiger partial charge in [-0.25, -0.2) is 8.78 Å². The molecule has 0 amide bonds. The molecule has 4 aromatic rings. The average Bonchev–Trinajstić information content (AvgIpc) is 3.56. The van der Waals surface area contributed by atoms with Crippen molar-refractivity contribution in [2.24, 2.45) is 0 Å². The minimum Gasteiger partial charge on any atom is -0.206 e. The molecule has 2 aliphatic rings. The van der Waals surface area contributed by atoms with Gasteiger partial charge in [-0.2, -0.15) is 31.6 Å². The molecule has 0 N–H and O–H groups in total. The van der Waals surface area contributed by atoms with Gasteiger partial charge in [0.15, 0.2) is 0 Å². The summed E-state index contributed by atoms with van der Waals surface area (Å²) in [6, 6.07) is 29.4. The first-order valence-corrected chi connectivity index (χ1v) is 12.9. The van der Waals surface area contributed by atoms with E-state index in [1.807, 2.05) is 36.4 Å². The standard InChI is InChI=1S/C36H12F2N6/c37-29-11-19(13-39)7-9-23(29)25-3-1-5-27-33(25)31(21(15-41)16-42)36-28-6-2-4-26(24-10-8-20(14-40)12-30(24)38)34(28)32(35(27)36)22(17-43)18-44/h1-12H. The fourth-order valence-electron chi connectivity index (χ4n) is 5.93. The van der Waals surface area contributed by atoms with Crippen molar-refractivity contribution in [2.75, 3.05) is 0 Å². The molecule has 0 radical (unpaired) electrons. The van der Waals surface area contributed by atoms with Crippen molar-refractivity contribution in [2.45, 2.75) is 0 Å². The minimum atomic E-state index is -0.691. The first-order chi connectivity index (χ1) is 21.4. The lowest BCUT2D eigenvalue weighted by Crippen LogP contribution is -2.01. The molecule has 0 spiro atoms. The van der Waals surface area contributed by atoms with Crippen LogP contribution in [0.3, 0.4) is 0 Å². The normalized spacial score (nSPS) is 12.0. The van der Waals surface area contributed by atoms with Crippen LogP contribution < -0.4 is 0 Å². The van der Waals surface area contributed by atoms with Gasteiger partial charge in [0.25, 0.3) is 0 Å². The largest absolute Gasteiger partial charge is 0.206 e. The molecular formula is C36H12F2N6. The van der Waals surface area contributed by atoms with Gasteiger partial charge in [0.1, 0.15) is 47.1 Å². The second-order valence-electron chi connectivity index (χ2n) is 9.77. The molecule has 0 heterocycles. The lowest BCUT2D eigenvalue weighted by atomic mass is 9.83. The van der Waals surface area contributed by atoms with Crippen LogP contribution in [0.4, 0.5) is 8.78 Å². The topological polar surface area (TPSA) is 143 Å². The van der Waals surface area contributed by atoms with Crippen LogP contribution >= 0.6 is 0 Å². The van der Waals surface area contributed by atoms with Crippen LogP contribution in [0.15, 0.2) is 83.9 Å². The molecule has 4 aromatic carbocycles. The first-order valence-electron chi connectivity index (χ1n) is 12.9. The molecule has 0 bridgehead atoms. The maximum absolute atomic E-state index is 15.4. The SMILES string of the molecule is N#CC(C#N)=C1C2=C(C(=C(C#N)C#N)c3c2cccc3-c2ccc(C#N)cc2F)c2cccc(-c3ccc(C#N)cc3F)c21. The molecule has 44 heavy (non-hydrogen) atoms. The molecule has 0 aliphatic heterocycles. The Kier molecular flexibility index (Phi) is 6.39. The number of halogens is 2. The Labute approximate surface area is 250 Å². The summed E-state index contributed by atoms with van der Waals surface area (Å²) < 4.78 is 30.8. The summed E-state index contributed by atoms with van der Waals surface area (Å²) >= 11 is 0. The van der Waals surface area contributed by atoms with E-state index < -0.39 is 11.6 Å². The zero-order valence-corrected chi connectivity index (χ0v) is 22.4. The summed E-state index contributed by atoms with van der Waals surface area (Å²) in [6.45, 7) is 0. The van der Waals surface area contributed by atoms with Crippen molar-refractivity contribution >= 4 is 22.3 Å². The van der Waals surface area contributed by atoms with Gasteiger partial charge in [0.05, 0.1) is 23.3 Å². The van der Waals surface area contributed by atoms with E-state index in [1.165, 1.54) is 24.3 Å². The highest BCUT2D eigenvalue weighted by Gasteiger charge is 2.42. The van der Waals surface area contributed by atoms with Crippen molar-refractivity contribution in [3.05, 3.63) is 129 Å². The van der Waals surface area contributed by atoms with E-state index in [0.717, 1.165) is 12.1 Å². The van der Waals surface area contributed by atoms with E-state index in [2.05, 4.69) is 0 Å². The van der Waals surface area contributed by atoms with Gasteiger partial charge >= 0.3 is 0 Å². The monoisotopic (exact) mass is 566 g/mol. The molecule has 200 valence electrons. The van der Waals surface area contributed by atoms with Crippen LogP contribution in [0.1, 0.15) is 33.4 Å².